The van der Waals surface area contributed by atoms with Crippen molar-refractivity contribution in [1.29, 1.82) is 0 Å². The van der Waals surface area contributed by atoms with Gasteiger partial charge in [-0.1, -0.05) is 41.6 Å². The molecular formula is C25H25N3O5. The van der Waals surface area contributed by atoms with Crippen LogP contribution in [0, 0.1) is 6.92 Å². The largest absolute Gasteiger partial charge is 0.480 e. The summed E-state index contributed by atoms with van der Waals surface area (Å²) >= 11 is 0. The predicted octanol–water partition coefficient (Wildman–Crippen LogP) is 2.91. The highest BCUT2D eigenvalue weighted by Crippen LogP contribution is 2.32. The number of carboxylic acid groups (broad SMARTS) is 1. The van der Waals surface area contributed by atoms with Crippen molar-refractivity contribution in [2.45, 2.75) is 19.3 Å². The van der Waals surface area contributed by atoms with E-state index < -0.39 is 18.4 Å². The fourth-order valence-corrected chi connectivity index (χ4v) is 3.68. The first-order valence-corrected chi connectivity index (χ1v) is 10.3. The van der Waals surface area contributed by atoms with Crippen molar-refractivity contribution in [2.75, 3.05) is 6.54 Å². The number of carboxylic acids is 1. The van der Waals surface area contributed by atoms with Gasteiger partial charge in [0, 0.05) is 42.8 Å². The second-order valence-electron chi connectivity index (χ2n) is 7.73. The molecule has 0 aliphatic carbocycles. The predicted molar refractivity (Wildman–Crippen MR) is 124 cm³/mol. The van der Waals surface area contributed by atoms with Gasteiger partial charge in [0.25, 0.3) is 5.91 Å². The Morgan fingerprint density at radius 2 is 1.70 bits per heavy atom. The summed E-state index contributed by atoms with van der Waals surface area (Å²) in [6.45, 7) is 1.54. The summed E-state index contributed by atoms with van der Waals surface area (Å²) in [5, 5.41) is 24.4. The lowest BCUT2D eigenvalue weighted by atomic mass is 9.83. The number of hydrogen-bond donors (Lipinski definition) is 3. The molecule has 1 aromatic heterocycles. The highest BCUT2D eigenvalue weighted by molar-refractivity contribution is 6.00. The summed E-state index contributed by atoms with van der Waals surface area (Å²) in [6, 6.07) is 17.8. The van der Waals surface area contributed by atoms with Crippen LogP contribution < -0.4 is 10.9 Å². The van der Waals surface area contributed by atoms with E-state index in [1.54, 1.807) is 31.4 Å². The molecule has 0 fully saturated rings. The molecule has 1 amide bonds. The number of carbonyl (C=O) groups is 2. The van der Waals surface area contributed by atoms with Crippen LogP contribution in [0.1, 0.15) is 45.0 Å². The third-order valence-corrected chi connectivity index (χ3v) is 5.48. The first-order chi connectivity index (χ1) is 15.8. The van der Waals surface area contributed by atoms with Crippen LogP contribution in [0.2, 0.25) is 0 Å². The molecule has 0 saturated carbocycles. The smallest absolute Gasteiger partial charge is 0.322 e. The zero-order valence-corrected chi connectivity index (χ0v) is 18.4. The maximum absolute atomic E-state index is 12.2. The van der Waals surface area contributed by atoms with E-state index in [9.17, 15) is 19.6 Å². The maximum atomic E-state index is 12.2. The molecule has 0 radical (unpaired) electrons. The normalized spacial score (nSPS) is 12.2. The number of amides is 1. The average Bonchev–Trinajstić information content (AvgIpc) is 2.81. The third-order valence-electron chi connectivity index (χ3n) is 5.48. The number of oxime groups is 1. The Balaban J connectivity index is 1.96. The molecule has 3 aromatic rings. The molecule has 8 heteroatoms. The second-order valence-corrected chi connectivity index (χ2v) is 7.73. The van der Waals surface area contributed by atoms with Crippen LogP contribution >= 0.6 is 0 Å². The minimum absolute atomic E-state index is 0.164. The Hall–Kier alpha value is -4.20. The molecule has 1 atom stereocenters. The minimum Gasteiger partial charge on any atom is -0.480 e. The van der Waals surface area contributed by atoms with Gasteiger partial charge in [-0.05, 0) is 41.8 Å². The number of aromatic nitrogens is 1. The van der Waals surface area contributed by atoms with Gasteiger partial charge in [0.2, 0.25) is 5.56 Å². The SMILES string of the molecule is Cc1ccccc1C(CC(=NO)c1ccc(=O)n(C)c1)c1ccc(C(=O)NCC(=O)O)cc1. The van der Waals surface area contributed by atoms with Gasteiger partial charge in [-0.25, -0.2) is 0 Å². The maximum Gasteiger partial charge on any atom is 0.322 e. The molecule has 3 rings (SSSR count). The van der Waals surface area contributed by atoms with Crippen LogP contribution in [0.5, 0.6) is 0 Å². The molecule has 8 nitrogen and oxygen atoms in total. The summed E-state index contributed by atoms with van der Waals surface area (Å²) < 4.78 is 1.42. The van der Waals surface area contributed by atoms with Gasteiger partial charge in [0.15, 0.2) is 0 Å². The van der Waals surface area contributed by atoms with E-state index in [4.69, 9.17) is 5.11 Å². The number of benzene rings is 2. The molecule has 2 aromatic carbocycles. The number of carbonyl (C=O) groups excluding carboxylic acids is 1. The Morgan fingerprint density at radius 1 is 1.03 bits per heavy atom. The number of nitrogens with zero attached hydrogens (tertiary/aromatic N) is 2. The molecule has 1 unspecified atom stereocenters. The summed E-state index contributed by atoms with van der Waals surface area (Å²) in [6.07, 6.45) is 1.98. The summed E-state index contributed by atoms with van der Waals surface area (Å²) in [7, 11) is 1.63. The van der Waals surface area contributed by atoms with Gasteiger partial charge in [-0.3, -0.25) is 14.4 Å². The van der Waals surface area contributed by atoms with E-state index in [-0.39, 0.29) is 11.5 Å². The molecule has 33 heavy (non-hydrogen) atoms. The van der Waals surface area contributed by atoms with E-state index in [1.807, 2.05) is 43.3 Å². The molecule has 170 valence electrons. The monoisotopic (exact) mass is 447 g/mol. The van der Waals surface area contributed by atoms with Crippen molar-refractivity contribution in [2.24, 2.45) is 12.2 Å². The van der Waals surface area contributed by atoms with E-state index in [0.717, 1.165) is 16.7 Å². The quantitative estimate of drug-likeness (QED) is 0.279. The van der Waals surface area contributed by atoms with E-state index in [1.165, 1.54) is 10.6 Å². The Morgan fingerprint density at radius 3 is 2.30 bits per heavy atom. The summed E-state index contributed by atoms with van der Waals surface area (Å²) in [5.74, 6) is -1.78. The number of nitrogens with one attached hydrogen (secondary N) is 1. The molecule has 0 saturated heterocycles. The molecule has 3 N–H and O–H groups in total. The van der Waals surface area contributed by atoms with Crippen molar-refractivity contribution < 1.29 is 19.9 Å². The van der Waals surface area contributed by atoms with Gasteiger partial charge < -0.3 is 20.2 Å². The fraction of sp³-hybridized carbons (Fsp3) is 0.200. The molecule has 0 aliphatic rings. The second kappa shape index (κ2) is 10.4. The van der Waals surface area contributed by atoms with Crippen LogP contribution in [-0.2, 0) is 11.8 Å². The lowest BCUT2D eigenvalue weighted by Gasteiger charge is -2.21. The topological polar surface area (TPSA) is 121 Å². The first kappa shape index (κ1) is 23.5. The summed E-state index contributed by atoms with van der Waals surface area (Å²) in [5.41, 5.74) is 4.21. The molecule has 1 heterocycles. The number of aliphatic carboxylic acids is 1. The van der Waals surface area contributed by atoms with Crippen molar-refractivity contribution in [3.63, 3.8) is 0 Å². The van der Waals surface area contributed by atoms with Crippen molar-refractivity contribution in [3.05, 3.63) is 105 Å². The first-order valence-electron chi connectivity index (χ1n) is 10.3. The van der Waals surface area contributed by atoms with Gasteiger partial charge in [-0.15, -0.1) is 0 Å². The Kier molecular flexibility index (Phi) is 7.40. The zero-order chi connectivity index (χ0) is 24.0. The summed E-state index contributed by atoms with van der Waals surface area (Å²) in [4.78, 5) is 34.6. The van der Waals surface area contributed by atoms with E-state index >= 15 is 0 Å². The average molecular weight is 447 g/mol. The molecular weight excluding hydrogens is 422 g/mol. The minimum atomic E-state index is -1.12. The van der Waals surface area contributed by atoms with Crippen LogP contribution in [0.25, 0.3) is 0 Å². The van der Waals surface area contributed by atoms with Crippen LogP contribution in [0.3, 0.4) is 0 Å². The number of aryl methyl sites for hydroxylation is 2. The third kappa shape index (κ3) is 5.74. The fourth-order valence-electron chi connectivity index (χ4n) is 3.68. The Bertz CT molecular complexity index is 1250. The van der Waals surface area contributed by atoms with Crippen LogP contribution in [0.15, 0.2) is 76.8 Å². The highest BCUT2D eigenvalue weighted by atomic mass is 16.4. The van der Waals surface area contributed by atoms with Crippen molar-refractivity contribution in [3.8, 4) is 0 Å². The molecule has 0 spiro atoms. The van der Waals surface area contributed by atoms with Crippen molar-refractivity contribution in [1.82, 2.24) is 9.88 Å². The van der Waals surface area contributed by atoms with Gasteiger partial charge >= 0.3 is 5.97 Å². The van der Waals surface area contributed by atoms with E-state index in [0.29, 0.717) is 23.3 Å². The number of rotatable bonds is 8. The highest BCUT2D eigenvalue weighted by Gasteiger charge is 2.21. The van der Waals surface area contributed by atoms with Crippen LogP contribution in [-0.4, -0.2) is 39.0 Å². The van der Waals surface area contributed by atoms with Gasteiger partial charge in [0.05, 0.1) is 5.71 Å². The van der Waals surface area contributed by atoms with Crippen LogP contribution in [0.4, 0.5) is 0 Å². The zero-order valence-electron chi connectivity index (χ0n) is 18.4. The van der Waals surface area contributed by atoms with Gasteiger partial charge in [-0.2, -0.15) is 0 Å². The molecule has 0 aliphatic heterocycles. The van der Waals surface area contributed by atoms with Crippen molar-refractivity contribution >= 4 is 17.6 Å². The number of pyridine rings is 1. The lowest BCUT2D eigenvalue weighted by Crippen LogP contribution is -2.29. The Labute approximate surface area is 190 Å². The lowest BCUT2D eigenvalue weighted by molar-refractivity contribution is -0.135. The van der Waals surface area contributed by atoms with E-state index in [2.05, 4.69) is 10.5 Å². The van der Waals surface area contributed by atoms with Gasteiger partial charge in [0.1, 0.15) is 6.54 Å². The number of hydrogen-bond acceptors (Lipinski definition) is 5. The standard InChI is InChI=1S/C25H25N3O5/c1-16-5-3-4-6-20(16)21(13-22(27-33)19-11-12-23(29)28(2)15-19)17-7-9-18(10-8-17)25(32)26-14-24(30)31/h3-12,15,21,33H,13-14H2,1-2H3,(H,26,32)(H,30,31). The molecule has 0 bridgehead atoms.